The van der Waals surface area contributed by atoms with E-state index in [4.69, 9.17) is 0 Å². The highest BCUT2D eigenvalue weighted by Gasteiger charge is 2.41. The topological polar surface area (TPSA) is 31.9 Å². The van der Waals surface area contributed by atoms with Gasteiger partial charge in [0.05, 0.1) is 24.3 Å². The minimum atomic E-state index is -4.27. The summed E-state index contributed by atoms with van der Waals surface area (Å²) in [5.74, 6) is 0. The van der Waals surface area contributed by atoms with Crippen LogP contribution >= 0.6 is 0 Å². The highest BCUT2D eigenvalue weighted by atomic mass is 19.4. The second-order valence-electron chi connectivity index (χ2n) is 11.5. The van der Waals surface area contributed by atoms with Crippen LogP contribution in [0.25, 0.3) is 10.9 Å². The van der Waals surface area contributed by atoms with E-state index in [2.05, 4.69) is 56.6 Å². The standard InChI is InChI=1S/C33H48F3N3/c1-7-12-26(14-13-25(10-4)17-20-32(11-5,18-8-2)19-9-3)31-27-15-16-30-29(22-37-38-30)28(27)21-24(6)39(31)23-33(34,35)36/h10,13-16,22,24,31H,4,7-9,11-12,17-21,23H2,1-3,5-6H3,(H,37,38)/b25-13+,26-14+/t24-,31?/m1/s1. The monoisotopic (exact) mass is 543 g/mol. The lowest BCUT2D eigenvalue weighted by molar-refractivity contribution is -0.155. The Kier molecular flexibility index (Phi) is 11.1. The molecule has 0 spiro atoms. The maximum Gasteiger partial charge on any atom is 0.401 e. The molecule has 1 N–H and O–H groups in total. The van der Waals surface area contributed by atoms with Crippen molar-refractivity contribution in [3.05, 3.63) is 65.4 Å². The smallest absolute Gasteiger partial charge is 0.281 e. The van der Waals surface area contributed by atoms with Crippen molar-refractivity contribution >= 4 is 10.9 Å². The second kappa shape index (κ2) is 13.8. The zero-order valence-electron chi connectivity index (χ0n) is 24.6. The molecule has 0 saturated heterocycles. The molecule has 2 heterocycles. The van der Waals surface area contributed by atoms with Gasteiger partial charge < -0.3 is 0 Å². The minimum Gasteiger partial charge on any atom is -0.281 e. The molecule has 0 amide bonds. The summed E-state index contributed by atoms with van der Waals surface area (Å²) in [4.78, 5) is 1.65. The Hall–Kier alpha value is -2.34. The van der Waals surface area contributed by atoms with Crippen LogP contribution in [-0.2, 0) is 6.42 Å². The molecule has 1 aliphatic heterocycles. The Bertz CT molecular complexity index is 1130. The van der Waals surface area contributed by atoms with Crippen LogP contribution in [0.2, 0.25) is 0 Å². The van der Waals surface area contributed by atoms with Crippen LogP contribution in [0, 0.1) is 5.41 Å². The van der Waals surface area contributed by atoms with E-state index < -0.39 is 18.8 Å². The van der Waals surface area contributed by atoms with Gasteiger partial charge in [-0.1, -0.05) is 84.3 Å². The van der Waals surface area contributed by atoms with Crippen LogP contribution in [0.5, 0.6) is 0 Å². The molecule has 216 valence electrons. The molecule has 3 nitrogen and oxygen atoms in total. The van der Waals surface area contributed by atoms with E-state index in [1.54, 1.807) is 4.90 Å². The van der Waals surface area contributed by atoms with E-state index in [0.717, 1.165) is 58.9 Å². The number of hydrogen-bond donors (Lipinski definition) is 1. The number of nitrogens with one attached hydrogen (secondary N) is 1. The molecule has 2 atom stereocenters. The molecule has 0 fully saturated rings. The second-order valence-corrected chi connectivity index (χ2v) is 11.5. The molecule has 1 aromatic heterocycles. The maximum absolute atomic E-state index is 13.9. The number of fused-ring (bicyclic) bond motifs is 3. The van der Waals surface area contributed by atoms with E-state index in [1.807, 2.05) is 31.3 Å². The number of aromatic amines is 1. The van der Waals surface area contributed by atoms with Crippen molar-refractivity contribution in [2.24, 2.45) is 5.41 Å². The number of rotatable bonds is 14. The lowest BCUT2D eigenvalue weighted by Gasteiger charge is -2.43. The first-order valence-corrected chi connectivity index (χ1v) is 14.9. The fourth-order valence-electron chi connectivity index (χ4n) is 6.73. The Labute approximate surface area is 233 Å². The zero-order valence-corrected chi connectivity index (χ0v) is 24.6. The quantitative estimate of drug-likeness (QED) is 0.240. The van der Waals surface area contributed by atoms with Crippen LogP contribution in [0.4, 0.5) is 13.2 Å². The Morgan fingerprint density at radius 1 is 1.05 bits per heavy atom. The lowest BCUT2D eigenvalue weighted by atomic mass is 9.73. The molecular formula is C33H48F3N3. The highest BCUT2D eigenvalue weighted by molar-refractivity contribution is 5.83. The summed E-state index contributed by atoms with van der Waals surface area (Å²) in [6.07, 6.45) is 13.9. The van der Waals surface area contributed by atoms with Gasteiger partial charge in [-0.15, -0.1) is 0 Å². The molecule has 2 aromatic rings. The molecule has 1 aliphatic rings. The van der Waals surface area contributed by atoms with E-state index in [-0.39, 0.29) is 6.04 Å². The van der Waals surface area contributed by atoms with Gasteiger partial charge >= 0.3 is 6.18 Å². The Morgan fingerprint density at radius 2 is 1.77 bits per heavy atom. The Balaban J connectivity index is 2.04. The molecule has 1 aromatic carbocycles. The van der Waals surface area contributed by atoms with Crippen molar-refractivity contribution in [2.75, 3.05) is 6.54 Å². The normalized spacial score (nSPS) is 19.5. The van der Waals surface area contributed by atoms with Gasteiger partial charge in [0.15, 0.2) is 0 Å². The third-order valence-corrected chi connectivity index (χ3v) is 8.74. The number of allylic oxidation sites excluding steroid dienone is 4. The number of hydrogen-bond acceptors (Lipinski definition) is 2. The molecule has 0 aliphatic carbocycles. The Morgan fingerprint density at radius 3 is 2.36 bits per heavy atom. The highest BCUT2D eigenvalue weighted by Crippen LogP contribution is 2.43. The van der Waals surface area contributed by atoms with Gasteiger partial charge in [-0.2, -0.15) is 18.3 Å². The maximum atomic E-state index is 13.9. The van der Waals surface area contributed by atoms with Crippen molar-refractivity contribution in [3.63, 3.8) is 0 Å². The molecule has 39 heavy (non-hydrogen) atoms. The van der Waals surface area contributed by atoms with Crippen molar-refractivity contribution in [1.82, 2.24) is 15.1 Å². The van der Waals surface area contributed by atoms with Crippen LogP contribution in [0.15, 0.2) is 54.3 Å². The van der Waals surface area contributed by atoms with Crippen LogP contribution in [-0.4, -0.2) is 33.9 Å². The first-order chi connectivity index (χ1) is 18.6. The third kappa shape index (κ3) is 7.65. The lowest BCUT2D eigenvalue weighted by Crippen LogP contribution is -2.47. The van der Waals surface area contributed by atoms with Gasteiger partial charge in [0, 0.05) is 11.4 Å². The van der Waals surface area contributed by atoms with Crippen molar-refractivity contribution in [1.29, 1.82) is 0 Å². The van der Waals surface area contributed by atoms with Gasteiger partial charge in [0.25, 0.3) is 0 Å². The van der Waals surface area contributed by atoms with Crippen LogP contribution < -0.4 is 0 Å². The summed E-state index contributed by atoms with van der Waals surface area (Å²) in [5, 5.41) is 8.24. The van der Waals surface area contributed by atoms with Gasteiger partial charge in [-0.25, -0.2) is 0 Å². The number of H-pyrrole nitrogens is 1. The average Bonchev–Trinajstić information content (AvgIpc) is 3.38. The molecular weight excluding hydrogens is 495 g/mol. The summed E-state index contributed by atoms with van der Waals surface area (Å²) >= 11 is 0. The van der Waals surface area contributed by atoms with Crippen molar-refractivity contribution < 1.29 is 13.2 Å². The largest absolute Gasteiger partial charge is 0.401 e. The molecule has 1 unspecified atom stereocenters. The van der Waals surface area contributed by atoms with E-state index in [1.165, 1.54) is 32.1 Å². The zero-order chi connectivity index (χ0) is 28.6. The van der Waals surface area contributed by atoms with E-state index in [9.17, 15) is 13.2 Å². The number of aromatic nitrogens is 2. The van der Waals surface area contributed by atoms with Crippen molar-refractivity contribution in [3.8, 4) is 0 Å². The predicted octanol–water partition coefficient (Wildman–Crippen LogP) is 10.0. The molecule has 0 saturated carbocycles. The summed E-state index contributed by atoms with van der Waals surface area (Å²) in [7, 11) is 0. The molecule has 0 radical (unpaired) electrons. The van der Waals surface area contributed by atoms with E-state index in [0.29, 0.717) is 11.8 Å². The van der Waals surface area contributed by atoms with Gasteiger partial charge in [0.1, 0.15) is 0 Å². The van der Waals surface area contributed by atoms with Gasteiger partial charge in [-0.05, 0) is 79.2 Å². The summed E-state index contributed by atoms with van der Waals surface area (Å²) in [5.41, 5.74) is 5.54. The van der Waals surface area contributed by atoms with Crippen LogP contribution in [0.1, 0.15) is 110 Å². The molecule has 0 bridgehead atoms. The minimum absolute atomic E-state index is 0.249. The number of alkyl halides is 3. The predicted molar refractivity (Wildman–Crippen MR) is 158 cm³/mol. The first-order valence-electron chi connectivity index (χ1n) is 14.9. The van der Waals surface area contributed by atoms with Crippen LogP contribution in [0.3, 0.4) is 0 Å². The number of nitrogens with zero attached hydrogens (tertiary/aromatic N) is 2. The molecule has 3 rings (SSSR count). The third-order valence-electron chi connectivity index (χ3n) is 8.74. The fraction of sp³-hybridized carbons (Fsp3) is 0.606. The van der Waals surface area contributed by atoms with Gasteiger partial charge in [-0.3, -0.25) is 10.00 Å². The summed E-state index contributed by atoms with van der Waals surface area (Å²) in [6.45, 7) is 14.0. The number of halogens is 3. The summed E-state index contributed by atoms with van der Waals surface area (Å²) < 4.78 is 41.6. The average molecular weight is 544 g/mol. The van der Waals surface area contributed by atoms with Crippen molar-refractivity contribution in [2.45, 2.75) is 117 Å². The van der Waals surface area contributed by atoms with E-state index >= 15 is 0 Å². The SMILES string of the molecule is C=C/C(=C\C=C(/CCC)C1c2ccc3[nH]ncc3c2C[C@@H](C)N1CC(F)(F)F)CCC(CC)(CCC)CCC. The first kappa shape index (κ1) is 31.2. The number of benzene rings is 1. The molecule has 6 heteroatoms. The summed E-state index contributed by atoms with van der Waals surface area (Å²) in [6, 6.07) is 3.28. The fourth-order valence-corrected chi connectivity index (χ4v) is 6.73. The van der Waals surface area contributed by atoms with Gasteiger partial charge in [0.2, 0.25) is 0 Å².